The van der Waals surface area contributed by atoms with Gasteiger partial charge in [0, 0.05) is 41.7 Å². The first kappa shape index (κ1) is 21.0. The van der Waals surface area contributed by atoms with E-state index in [2.05, 4.69) is 5.10 Å². The number of aliphatic hydroxyl groups is 1. The Bertz CT molecular complexity index is 895. The molecule has 1 N–H and O–H groups in total. The Balaban J connectivity index is 1.73. The highest BCUT2D eigenvalue weighted by atomic mass is 19.4. The van der Waals surface area contributed by atoms with Crippen LogP contribution in [0.3, 0.4) is 0 Å². The van der Waals surface area contributed by atoms with Gasteiger partial charge in [-0.15, -0.1) is 0 Å². The first-order valence-corrected chi connectivity index (χ1v) is 10.2. The van der Waals surface area contributed by atoms with E-state index in [1.54, 1.807) is 11.1 Å². The summed E-state index contributed by atoms with van der Waals surface area (Å²) in [6.45, 7) is 1.51. The van der Waals surface area contributed by atoms with Gasteiger partial charge in [-0.1, -0.05) is 0 Å². The molecule has 0 bridgehead atoms. The van der Waals surface area contributed by atoms with Crippen LogP contribution in [-0.4, -0.2) is 47.2 Å². The second kappa shape index (κ2) is 8.11. The molecule has 2 aromatic rings. The third-order valence-corrected chi connectivity index (χ3v) is 5.72. The highest BCUT2D eigenvalue weighted by molar-refractivity contribution is 5.77. The zero-order chi connectivity index (χ0) is 21.5. The van der Waals surface area contributed by atoms with Crippen LogP contribution >= 0.6 is 0 Å². The van der Waals surface area contributed by atoms with Crippen LogP contribution in [0.1, 0.15) is 44.2 Å². The smallest absolute Gasteiger partial charge is 0.392 e. The van der Waals surface area contributed by atoms with Gasteiger partial charge in [0.2, 0.25) is 6.41 Å². The van der Waals surface area contributed by atoms with Gasteiger partial charge < -0.3 is 19.5 Å². The molecule has 1 unspecified atom stereocenters. The second-order valence-electron chi connectivity index (χ2n) is 7.95. The summed E-state index contributed by atoms with van der Waals surface area (Å²) in [5.41, 5.74) is 3.01. The molecule has 9 heteroatoms. The van der Waals surface area contributed by atoms with E-state index in [4.69, 9.17) is 9.47 Å². The van der Waals surface area contributed by atoms with Crippen molar-refractivity contribution in [3.05, 3.63) is 30.1 Å². The van der Waals surface area contributed by atoms with Gasteiger partial charge in [-0.25, -0.2) is 0 Å². The number of anilines is 1. The zero-order valence-corrected chi connectivity index (χ0v) is 17.0. The molecule has 0 spiro atoms. The van der Waals surface area contributed by atoms with E-state index in [1.165, 1.54) is 7.11 Å². The van der Waals surface area contributed by atoms with Crippen LogP contribution in [0.2, 0.25) is 0 Å². The second-order valence-corrected chi connectivity index (χ2v) is 7.95. The summed E-state index contributed by atoms with van der Waals surface area (Å²) in [5, 5.41) is 14.7. The van der Waals surface area contributed by atoms with Gasteiger partial charge in [0.25, 0.3) is 0 Å². The average molecular weight is 425 g/mol. The van der Waals surface area contributed by atoms with Gasteiger partial charge in [0.15, 0.2) is 0 Å². The van der Waals surface area contributed by atoms with Crippen LogP contribution < -0.4 is 9.64 Å². The molecule has 0 radical (unpaired) electrons. The van der Waals surface area contributed by atoms with Gasteiger partial charge in [-0.3, -0.25) is 4.68 Å². The topological polar surface area (TPSA) is 59.8 Å². The van der Waals surface area contributed by atoms with E-state index in [1.807, 2.05) is 29.9 Å². The maximum atomic E-state index is 12.7. The maximum Gasteiger partial charge on any atom is 0.392 e. The summed E-state index contributed by atoms with van der Waals surface area (Å²) in [7, 11) is 1.41. The summed E-state index contributed by atoms with van der Waals surface area (Å²) in [6, 6.07) is 4.11. The van der Waals surface area contributed by atoms with Crippen LogP contribution in [0, 0.1) is 0 Å². The molecule has 1 aliphatic heterocycles. The molecule has 30 heavy (non-hydrogen) atoms. The minimum Gasteiger partial charge on any atom is -0.492 e. The van der Waals surface area contributed by atoms with Crippen LogP contribution in [0.4, 0.5) is 18.9 Å². The monoisotopic (exact) mass is 425 g/mol. The van der Waals surface area contributed by atoms with E-state index >= 15 is 0 Å². The van der Waals surface area contributed by atoms with E-state index < -0.39 is 25.6 Å². The number of nitrogens with zero attached hydrogens (tertiary/aromatic N) is 3. The molecule has 2 aliphatic rings. The SMILES string of the molecule is COC(O)N1c2ccc(-c3cnn(C4CC4)c3)c(OCCC(F)(F)F)c2CC[C@@H]1C. The number of hydrogen-bond donors (Lipinski definition) is 1. The van der Waals surface area contributed by atoms with Gasteiger partial charge in [-0.2, -0.15) is 18.3 Å². The minimum atomic E-state index is -4.29. The molecule has 6 nitrogen and oxygen atoms in total. The number of halogens is 3. The third kappa shape index (κ3) is 4.27. The van der Waals surface area contributed by atoms with E-state index in [0.717, 1.165) is 24.0 Å². The number of benzene rings is 1. The number of methoxy groups -OCH3 is 1. The van der Waals surface area contributed by atoms with E-state index in [-0.39, 0.29) is 6.04 Å². The Morgan fingerprint density at radius 1 is 1.27 bits per heavy atom. The van der Waals surface area contributed by atoms with Crippen molar-refractivity contribution in [2.24, 2.45) is 0 Å². The summed E-state index contributed by atoms with van der Waals surface area (Å²) >= 11 is 0. The summed E-state index contributed by atoms with van der Waals surface area (Å²) in [4.78, 5) is 1.73. The fraction of sp³-hybridized carbons (Fsp3) is 0.571. The first-order chi connectivity index (χ1) is 14.3. The third-order valence-electron chi connectivity index (χ3n) is 5.72. The number of aromatic nitrogens is 2. The maximum absolute atomic E-state index is 12.7. The Morgan fingerprint density at radius 3 is 2.70 bits per heavy atom. The highest BCUT2D eigenvalue weighted by Gasteiger charge is 2.33. The lowest BCUT2D eigenvalue weighted by Crippen LogP contribution is -2.46. The van der Waals surface area contributed by atoms with Crippen molar-refractivity contribution in [3.8, 4) is 16.9 Å². The molecular weight excluding hydrogens is 399 g/mol. The molecular formula is C21H26F3N3O3. The predicted molar refractivity (Wildman–Crippen MR) is 105 cm³/mol. The lowest BCUT2D eigenvalue weighted by molar-refractivity contribution is -0.139. The van der Waals surface area contributed by atoms with Crippen LogP contribution in [-0.2, 0) is 11.2 Å². The molecule has 1 fully saturated rings. The van der Waals surface area contributed by atoms with Crippen molar-refractivity contribution in [2.45, 2.75) is 63.7 Å². The fourth-order valence-corrected chi connectivity index (χ4v) is 3.96. The quantitative estimate of drug-likeness (QED) is 0.671. The van der Waals surface area contributed by atoms with Gasteiger partial charge in [0.05, 0.1) is 25.3 Å². The molecule has 0 saturated heterocycles. The lowest BCUT2D eigenvalue weighted by atomic mass is 9.92. The number of fused-ring (bicyclic) bond motifs is 1. The highest BCUT2D eigenvalue weighted by Crippen LogP contribution is 2.44. The summed E-state index contributed by atoms with van der Waals surface area (Å²) in [6.07, 6.45) is 0.697. The Morgan fingerprint density at radius 2 is 2.03 bits per heavy atom. The normalized spacial score (nSPS) is 20.2. The molecule has 1 aromatic carbocycles. The number of rotatable bonds is 7. The molecule has 2 atom stereocenters. The van der Waals surface area contributed by atoms with Crippen LogP contribution in [0.5, 0.6) is 5.75 Å². The van der Waals surface area contributed by atoms with Crippen molar-refractivity contribution in [1.82, 2.24) is 9.78 Å². The number of aliphatic hydroxyl groups excluding tert-OH is 1. The molecule has 164 valence electrons. The summed E-state index contributed by atoms with van der Waals surface area (Å²) < 4.78 is 51.0. The van der Waals surface area contributed by atoms with Gasteiger partial charge in [0.1, 0.15) is 5.75 Å². The van der Waals surface area contributed by atoms with E-state index in [0.29, 0.717) is 35.9 Å². The average Bonchev–Trinajstić information content (AvgIpc) is 3.43. The number of ether oxygens (including phenoxy) is 2. The van der Waals surface area contributed by atoms with Gasteiger partial charge in [-0.05, 0) is 44.7 Å². The molecule has 4 rings (SSSR count). The Hall–Kier alpha value is -2.26. The molecule has 0 amide bonds. The largest absolute Gasteiger partial charge is 0.492 e. The Kier molecular flexibility index (Phi) is 5.67. The van der Waals surface area contributed by atoms with Gasteiger partial charge >= 0.3 is 6.18 Å². The first-order valence-electron chi connectivity index (χ1n) is 10.2. The van der Waals surface area contributed by atoms with E-state index in [9.17, 15) is 18.3 Å². The molecule has 1 saturated carbocycles. The fourth-order valence-electron chi connectivity index (χ4n) is 3.96. The minimum absolute atomic E-state index is 0.0129. The summed E-state index contributed by atoms with van der Waals surface area (Å²) in [5.74, 6) is 0.423. The van der Waals surface area contributed by atoms with Crippen molar-refractivity contribution in [2.75, 3.05) is 18.6 Å². The predicted octanol–water partition coefficient (Wildman–Crippen LogP) is 4.28. The number of alkyl halides is 3. The standard InChI is InChI=1S/C21H26F3N3O3/c1-13-3-6-17-18(27(13)20(28)29-2)8-7-16(19(17)30-10-9-21(22,23)24)14-11-25-26(12-14)15-4-5-15/h7-8,11-13,15,20,28H,3-6,9-10H2,1-2H3/t13-,20?/m0/s1. The molecule has 1 aromatic heterocycles. The van der Waals surface area contributed by atoms with Crippen LogP contribution in [0.15, 0.2) is 24.5 Å². The van der Waals surface area contributed by atoms with Crippen molar-refractivity contribution >= 4 is 5.69 Å². The van der Waals surface area contributed by atoms with Crippen molar-refractivity contribution in [1.29, 1.82) is 0 Å². The Labute approximate surface area is 173 Å². The molecule has 2 heterocycles. The number of hydrogen-bond acceptors (Lipinski definition) is 5. The molecule has 1 aliphatic carbocycles. The van der Waals surface area contributed by atoms with Crippen molar-refractivity contribution in [3.63, 3.8) is 0 Å². The lowest BCUT2D eigenvalue weighted by Gasteiger charge is -2.40. The van der Waals surface area contributed by atoms with Crippen molar-refractivity contribution < 1.29 is 27.8 Å². The van der Waals surface area contributed by atoms with Crippen LogP contribution in [0.25, 0.3) is 11.1 Å². The zero-order valence-electron chi connectivity index (χ0n) is 17.0.